The average Bonchev–Trinajstić information content (AvgIpc) is 3.17. The number of hydrogen-bond donors (Lipinski definition) is 1. The molecule has 2 aromatic rings. The summed E-state index contributed by atoms with van der Waals surface area (Å²) in [5.41, 5.74) is 0.972. The van der Waals surface area contributed by atoms with E-state index in [-0.39, 0.29) is 10.8 Å². The third-order valence-electron chi connectivity index (χ3n) is 3.36. The molecule has 0 radical (unpaired) electrons. The Morgan fingerprint density at radius 1 is 1.43 bits per heavy atom. The van der Waals surface area contributed by atoms with Crippen LogP contribution in [0.3, 0.4) is 0 Å². The minimum absolute atomic E-state index is 0.179. The van der Waals surface area contributed by atoms with Crippen molar-refractivity contribution in [1.29, 1.82) is 0 Å². The van der Waals surface area contributed by atoms with Gasteiger partial charge >= 0.3 is 0 Å². The largest absolute Gasteiger partial charge is 0.270 e. The van der Waals surface area contributed by atoms with E-state index in [0.29, 0.717) is 5.92 Å². The maximum atomic E-state index is 13.8. The lowest BCUT2D eigenvalue weighted by atomic mass is 10.3. The molecule has 1 fully saturated rings. The van der Waals surface area contributed by atoms with Gasteiger partial charge in [-0.2, -0.15) is 5.10 Å². The van der Waals surface area contributed by atoms with E-state index in [2.05, 4.69) is 9.82 Å². The van der Waals surface area contributed by atoms with Gasteiger partial charge < -0.3 is 0 Å². The van der Waals surface area contributed by atoms with Gasteiger partial charge in [0.1, 0.15) is 4.90 Å². The normalized spacial score (nSPS) is 15.2. The van der Waals surface area contributed by atoms with Gasteiger partial charge in [0.2, 0.25) is 0 Å². The van der Waals surface area contributed by atoms with E-state index in [9.17, 15) is 12.8 Å². The van der Waals surface area contributed by atoms with Crippen LogP contribution in [0.2, 0.25) is 5.02 Å². The fourth-order valence-electron chi connectivity index (χ4n) is 2.18. The van der Waals surface area contributed by atoms with Gasteiger partial charge in [0.05, 0.1) is 5.02 Å². The standard InChI is InChI=1S/C13H13ClFN3O2S/c1-18-10(8-5-6-8)7-12(16-18)17-21(19,20)11-4-2-3-9(14)13(11)15/h2-4,7-8H,5-6H2,1H3,(H,16,17). The molecule has 0 saturated heterocycles. The summed E-state index contributed by atoms with van der Waals surface area (Å²) >= 11 is 5.62. The van der Waals surface area contributed by atoms with Crippen LogP contribution in [-0.2, 0) is 17.1 Å². The van der Waals surface area contributed by atoms with Crippen LogP contribution in [-0.4, -0.2) is 18.2 Å². The highest BCUT2D eigenvalue weighted by Gasteiger charge is 2.28. The van der Waals surface area contributed by atoms with Crippen LogP contribution in [0.15, 0.2) is 29.2 Å². The number of nitrogens with zero attached hydrogens (tertiary/aromatic N) is 2. The molecule has 5 nitrogen and oxygen atoms in total. The SMILES string of the molecule is Cn1nc(NS(=O)(=O)c2cccc(Cl)c2F)cc1C1CC1. The highest BCUT2D eigenvalue weighted by atomic mass is 35.5. The predicted molar refractivity (Wildman–Crippen MR) is 77.4 cm³/mol. The Balaban J connectivity index is 1.92. The number of benzene rings is 1. The summed E-state index contributed by atoms with van der Waals surface area (Å²) in [5.74, 6) is -0.354. The molecule has 112 valence electrons. The summed E-state index contributed by atoms with van der Waals surface area (Å²) in [6, 6.07) is 5.52. The van der Waals surface area contributed by atoms with Crippen molar-refractivity contribution >= 4 is 27.4 Å². The summed E-state index contributed by atoms with van der Waals surface area (Å²) in [5, 5.41) is 3.87. The second kappa shape index (κ2) is 4.99. The third kappa shape index (κ3) is 2.75. The molecule has 3 rings (SSSR count). The van der Waals surface area contributed by atoms with E-state index >= 15 is 0 Å². The van der Waals surface area contributed by atoms with Crippen molar-refractivity contribution in [2.45, 2.75) is 23.7 Å². The number of nitrogens with one attached hydrogen (secondary N) is 1. The maximum Gasteiger partial charge on any atom is 0.266 e. The molecule has 21 heavy (non-hydrogen) atoms. The van der Waals surface area contributed by atoms with Gasteiger partial charge in [-0.3, -0.25) is 9.40 Å². The van der Waals surface area contributed by atoms with Crippen molar-refractivity contribution < 1.29 is 12.8 Å². The zero-order valence-corrected chi connectivity index (χ0v) is 12.7. The molecule has 1 saturated carbocycles. The molecule has 1 aliphatic rings. The molecule has 0 aliphatic heterocycles. The van der Waals surface area contributed by atoms with E-state index in [4.69, 9.17) is 11.6 Å². The van der Waals surface area contributed by atoms with Crippen LogP contribution < -0.4 is 4.72 Å². The molecule has 1 aromatic heterocycles. The van der Waals surface area contributed by atoms with Crippen molar-refractivity contribution in [3.05, 3.63) is 40.8 Å². The monoisotopic (exact) mass is 329 g/mol. The lowest BCUT2D eigenvalue weighted by Crippen LogP contribution is -2.15. The molecule has 0 amide bonds. The Morgan fingerprint density at radius 3 is 2.81 bits per heavy atom. The van der Waals surface area contributed by atoms with Gasteiger partial charge in [0, 0.05) is 24.7 Å². The maximum absolute atomic E-state index is 13.8. The summed E-state index contributed by atoms with van der Waals surface area (Å²) in [6.45, 7) is 0. The Kier molecular flexibility index (Phi) is 3.41. The van der Waals surface area contributed by atoms with Crippen LogP contribution in [0.4, 0.5) is 10.2 Å². The number of aromatic nitrogens is 2. The molecular formula is C13H13ClFN3O2S. The summed E-state index contributed by atoms with van der Waals surface area (Å²) in [7, 11) is -2.31. The second-order valence-corrected chi connectivity index (χ2v) is 7.07. The van der Waals surface area contributed by atoms with Crippen LogP contribution in [0, 0.1) is 5.82 Å². The van der Waals surface area contributed by atoms with Crippen molar-refractivity contribution in [2.24, 2.45) is 7.05 Å². The second-order valence-electron chi connectivity index (χ2n) is 5.01. The molecule has 8 heteroatoms. The van der Waals surface area contributed by atoms with E-state index in [0.717, 1.165) is 24.6 Å². The smallest absolute Gasteiger partial charge is 0.266 e. The van der Waals surface area contributed by atoms with Gasteiger partial charge in [0.15, 0.2) is 11.6 Å². The Morgan fingerprint density at radius 2 is 2.14 bits per heavy atom. The molecule has 1 aromatic carbocycles. The van der Waals surface area contributed by atoms with Crippen LogP contribution in [0.5, 0.6) is 0 Å². The van der Waals surface area contributed by atoms with Crippen molar-refractivity contribution in [3.8, 4) is 0 Å². The van der Waals surface area contributed by atoms with E-state index in [1.165, 1.54) is 12.1 Å². The van der Waals surface area contributed by atoms with Gasteiger partial charge in [-0.05, 0) is 25.0 Å². The van der Waals surface area contributed by atoms with Crippen molar-refractivity contribution in [1.82, 2.24) is 9.78 Å². The molecule has 1 aliphatic carbocycles. The lowest BCUT2D eigenvalue weighted by molar-refractivity contribution is 0.570. The van der Waals surface area contributed by atoms with Gasteiger partial charge in [-0.25, -0.2) is 12.8 Å². The minimum atomic E-state index is -4.06. The van der Waals surface area contributed by atoms with Crippen molar-refractivity contribution in [2.75, 3.05) is 4.72 Å². The molecule has 1 heterocycles. The number of hydrogen-bond acceptors (Lipinski definition) is 3. The third-order valence-corrected chi connectivity index (χ3v) is 5.02. The quantitative estimate of drug-likeness (QED) is 0.938. The Hall–Kier alpha value is -1.60. The zero-order chi connectivity index (χ0) is 15.2. The zero-order valence-electron chi connectivity index (χ0n) is 11.2. The Bertz CT molecular complexity index is 800. The average molecular weight is 330 g/mol. The summed E-state index contributed by atoms with van der Waals surface area (Å²) < 4.78 is 42.2. The summed E-state index contributed by atoms with van der Waals surface area (Å²) in [4.78, 5) is -0.492. The number of anilines is 1. The number of aryl methyl sites for hydroxylation is 1. The first-order valence-corrected chi connectivity index (χ1v) is 8.25. The highest BCUT2D eigenvalue weighted by molar-refractivity contribution is 7.92. The highest BCUT2D eigenvalue weighted by Crippen LogP contribution is 2.40. The van der Waals surface area contributed by atoms with Gasteiger partial charge in [-0.15, -0.1) is 0 Å². The topological polar surface area (TPSA) is 64.0 Å². The van der Waals surface area contributed by atoms with E-state index < -0.39 is 20.7 Å². The molecule has 0 atom stereocenters. The fraction of sp³-hybridized carbons (Fsp3) is 0.308. The number of rotatable bonds is 4. The fourth-order valence-corrected chi connectivity index (χ4v) is 3.50. The molecule has 1 N–H and O–H groups in total. The van der Waals surface area contributed by atoms with E-state index in [1.807, 2.05) is 0 Å². The van der Waals surface area contributed by atoms with Crippen LogP contribution in [0.25, 0.3) is 0 Å². The molecule has 0 unspecified atom stereocenters. The Labute approximate surface area is 126 Å². The molecule has 0 spiro atoms. The minimum Gasteiger partial charge on any atom is -0.270 e. The van der Waals surface area contributed by atoms with Crippen molar-refractivity contribution in [3.63, 3.8) is 0 Å². The van der Waals surface area contributed by atoms with Crippen LogP contribution >= 0.6 is 11.6 Å². The number of sulfonamides is 1. The molecular weight excluding hydrogens is 317 g/mol. The van der Waals surface area contributed by atoms with Gasteiger partial charge in [-0.1, -0.05) is 17.7 Å². The predicted octanol–water partition coefficient (Wildman–Crippen LogP) is 2.89. The summed E-state index contributed by atoms with van der Waals surface area (Å²) in [6.07, 6.45) is 2.16. The lowest BCUT2D eigenvalue weighted by Gasteiger charge is -2.07. The first-order chi connectivity index (χ1) is 9.88. The van der Waals surface area contributed by atoms with E-state index in [1.54, 1.807) is 17.8 Å². The first kappa shape index (κ1) is 14.3. The number of halogens is 2. The first-order valence-electron chi connectivity index (χ1n) is 6.39. The van der Waals surface area contributed by atoms with Crippen LogP contribution in [0.1, 0.15) is 24.5 Å². The van der Waals surface area contributed by atoms with Gasteiger partial charge in [0.25, 0.3) is 10.0 Å². The molecule has 0 bridgehead atoms.